The molecule has 0 aliphatic carbocycles. The Labute approximate surface area is 136 Å². The monoisotopic (exact) mass is 377 g/mol. The second-order valence-corrected chi connectivity index (χ2v) is 6.87. The van der Waals surface area contributed by atoms with Gasteiger partial charge < -0.3 is 5.73 Å². The maximum absolute atomic E-state index is 5.66. The SMILES string of the molecule is Cl.Nc1ncc(CN2CCC(n3cc(Br)cn3)CC2)s1. The van der Waals surface area contributed by atoms with Crippen molar-refractivity contribution in [1.82, 2.24) is 19.7 Å². The highest BCUT2D eigenvalue weighted by atomic mass is 79.9. The van der Waals surface area contributed by atoms with Gasteiger partial charge in [-0.25, -0.2) is 4.98 Å². The zero-order valence-electron chi connectivity index (χ0n) is 10.9. The Bertz CT molecular complexity index is 550. The van der Waals surface area contributed by atoms with E-state index in [1.165, 1.54) is 4.88 Å². The van der Waals surface area contributed by atoms with Gasteiger partial charge in [0.25, 0.3) is 0 Å². The molecule has 2 aromatic heterocycles. The van der Waals surface area contributed by atoms with Crippen LogP contribution in [0.5, 0.6) is 0 Å². The molecule has 3 rings (SSSR count). The minimum atomic E-state index is 0. The summed E-state index contributed by atoms with van der Waals surface area (Å²) in [6, 6.07) is 0.522. The molecule has 0 unspecified atom stereocenters. The van der Waals surface area contributed by atoms with Crippen LogP contribution in [0.15, 0.2) is 23.1 Å². The van der Waals surface area contributed by atoms with Crippen molar-refractivity contribution in [3.05, 3.63) is 27.9 Å². The van der Waals surface area contributed by atoms with E-state index in [1.54, 1.807) is 11.3 Å². The molecule has 8 heteroatoms. The largest absolute Gasteiger partial charge is 0.375 e. The zero-order valence-corrected chi connectivity index (χ0v) is 14.1. The average molecular weight is 379 g/mol. The van der Waals surface area contributed by atoms with Crippen molar-refractivity contribution in [2.75, 3.05) is 18.8 Å². The van der Waals surface area contributed by atoms with E-state index in [0.717, 1.165) is 36.9 Å². The molecule has 0 radical (unpaired) electrons. The second kappa shape index (κ2) is 6.89. The van der Waals surface area contributed by atoms with Crippen LogP contribution in [-0.2, 0) is 6.54 Å². The van der Waals surface area contributed by atoms with E-state index in [2.05, 4.69) is 41.8 Å². The topological polar surface area (TPSA) is 60.0 Å². The molecule has 0 aromatic carbocycles. The number of hydrogen-bond acceptors (Lipinski definition) is 5. The Morgan fingerprint density at radius 2 is 2.10 bits per heavy atom. The van der Waals surface area contributed by atoms with E-state index in [1.807, 2.05) is 12.4 Å². The molecule has 2 N–H and O–H groups in total. The number of hydrogen-bond donors (Lipinski definition) is 1. The molecule has 110 valence electrons. The summed E-state index contributed by atoms with van der Waals surface area (Å²) < 4.78 is 3.13. The lowest BCUT2D eigenvalue weighted by atomic mass is 10.1. The first-order chi connectivity index (χ1) is 9.20. The maximum Gasteiger partial charge on any atom is 0.180 e. The first-order valence-electron chi connectivity index (χ1n) is 6.33. The van der Waals surface area contributed by atoms with E-state index in [9.17, 15) is 0 Å². The number of thiazole rings is 1. The highest BCUT2D eigenvalue weighted by Crippen LogP contribution is 2.25. The molecular weight excluding hydrogens is 362 g/mol. The molecule has 1 aliphatic heterocycles. The van der Waals surface area contributed by atoms with E-state index < -0.39 is 0 Å². The first kappa shape index (κ1) is 15.8. The molecule has 1 fully saturated rings. The third kappa shape index (κ3) is 3.72. The Kier molecular flexibility index (Phi) is 5.42. The van der Waals surface area contributed by atoms with Crippen LogP contribution < -0.4 is 5.73 Å². The summed E-state index contributed by atoms with van der Waals surface area (Å²) in [6.07, 6.45) is 8.08. The Morgan fingerprint density at radius 1 is 1.35 bits per heavy atom. The van der Waals surface area contributed by atoms with Gasteiger partial charge in [-0.2, -0.15) is 5.10 Å². The molecule has 1 aliphatic rings. The maximum atomic E-state index is 5.66. The van der Waals surface area contributed by atoms with Crippen LogP contribution in [0.25, 0.3) is 0 Å². The smallest absolute Gasteiger partial charge is 0.180 e. The Balaban J connectivity index is 0.00000147. The van der Waals surface area contributed by atoms with Crippen molar-refractivity contribution in [3.63, 3.8) is 0 Å². The molecule has 20 heavy (non-hydrogen) atoms. The number of likely N-dealkylation sites (tertiary alicyclic amines) is 1. The highest BCUT2D eigenvalue weighted by Gasteiger charge is 2.21. The lowest BCUT2D eigenvalue weighted by Crippen LogP contribution is -2.34. The van der Waals surface area contributed by atoms with E-state index in [-0.39, 0.29) is 12.4 Å². The zero-order chi connectivity index (χ0) is 13.2. The van der Waals surface area contributed by atoms with Gasteiger partial charge in [0.05, 0.1) is 16.7 Å². The van der Waals surface area contributed by atoms with Crippen LogP contribution in [0.2, 0.25) is 0 Å². The van der Waals surface area contributed by atoms with Crippen molar-refractivity contribution in [1.29, 1.82) is 0 Å². The Hall–Kier alpha value is -0.630. The number of halogens is 2. The number of aromatic nitrogens is 3. The molecule has 0 spiro atoms. The van der Waals surface area contributed by atoms with Crippen molar-refractivity contribution in [2.45, 2.75) is 25.4 Å². The summed E-state index contributed by atoms with van der Waals surface area (Å²) in [6.45, 7) is 3.16. The molecule has 0 saturated carbocycles. The van der Waals surface area contributed by atoms with Gasteiger partial charge in [-0.3, -0.25) is 9.58 Å². The predicted molar refractivity (Wildman–Crippen MR) is 87.2 cm³/mol. The highest BCUT2D eigenvalue weighted by molar-refractivity contribution is 9.10. The third-order valence-electron chi connectivity index (χ3n) is 3.45. The van der Waals surface area contributed by atoms with Crippen LogP contribution >= 0.6 is 39.7 Å². The summed E-state index contributed by atoms with van der Waals surface area (Å²) in [5.41, 5.74) is 5.66. The van der Waals surface area contributed by atoms with Gasteiger partial charge in [0.1, 0.15) is 0 Å². The van der Waals surface area contributed by atoms with Gasteiger partial charge in [-0.1, -0.05) is 0 Å². The van der Waals surface area contributed by atoms with Crippen LogP contribution in [0.3, 0.4) is 0 Å². The van der Waals surface area contributed by atoms with Gasteiger partial charge in [0.15, 0.2) is 5.13 Å². The fourth-order valence-corrected chi connectivity index (χ4v) is 3.50. The van der Waals surface area contributed by atoms with Crippen molar-refractivity contribution in [2.24, 2.45) is 0 Å². The van der Waals surface area contributed by atoms with Crippen LogP contribution in [0.4, 0.5) is 5.13 Å². The standard InChI is InChI=1S/C12H16BrN5S.ClH/c13-9-5-16-18(7-9)10-1-3-17(4-2-10)8-11-6-15-12(14)19-11;/h5-7,10H,1-4,8H2,(H2,14,15);1H. The van der Waals surface area contributed by atoms with Crippen LogP contribution in [0.1, 0.15) is 23.8 Å². The molecule has 0 atom stereocenters. The molecule has 3 heterocycles. The summed E-state index contributed by atoms with van der Waals surface area (Å²) in [5.74, 6) is 0. The molecule has 5 nitrogen and oxygen atoms in total. The van der Waals surface area contributed by atoms with Crippen molar-refractivity contribution in [3.8, 4) is 0 Å². The summed E-state index contributed by atoms with van der Waals surface area (Å²) in [4.78, 5) is 7.81. The Morgan fingerprint density at radius 3 is 2.65 bits per heavy atom. The summed E-state index contributed by atoms with van der Waals surface area (Å²) in [5, 5.41) is 5.04. The fraction of sp³-hybridized carbons (Fsp3) is 0.500. The molecule has 0 amide bonds. The van der Waals surface area contributed by atoms with Gasteiger partial charge in [0.2, 0.25) is 0 Å². The number of nitrogen functional groups attached to an aromatic ring is 1. The minimum absolute atomic E-state index is 0. The van der Waals surface area contributed by atoms with Gasteiger partial charge in [-0.05, 0) is 28.8 Å². The number of piperidine rings is 1. The van der Waals surface area contributed by atoms with E-state index in [0.29, 0.717) is 11.2 Å². The average Bonchev–Trinajstić information content (AvgIpc) is 3.00. The van der Waals surface area contributed by atoms with Crippen LogP contribution in [-0.4, -0.2) is 32.8 Å². The van der Waals surface area contributed by atoms with E-state index >= 15 is 0 Å². The molecule has 1 saturated heterocycles. The number of nitrogens with two attached hydrogens (primary N) is 1. The number of anilines is 1. The van der Waals surface area contributed by atoms with Crippen LogP contribution in [0, 0.1) is 0 Å². The van der Waals surface area contributed by atoms with Gasteiger partial charge in [-0.15, -0.1) is 23.7 Å². The molecular formula is C12H17BrClN5S. The third-order valence-corrected chi connectivity index (χ3v) is 4.67. The van der Waals surface area contributed by atoms with Gasteiger partial charge in [0, 0.05) is 36.9 Å². The van der Waals surface area contributed by atoms with Gasteiger partial charge >= 0.3 is 0 Å². The van der Waals surface area contributed by atoms with Crippen molar-refractivity contribution < 1.29 is 0 Å². The van der Waals surface area contributed by atoms with E-state index in [4.69, 9.17) is 5.73 Å². The van der Waals surface area contributed by atoms with Crippen molar-refractivity contribution >= 4 is 44.8 Å². The summed E-state index contributed by atoms with van der Waals surface area (Å²) in [7, 11) is 0. The second-order valence-electron chi connectivity index (χ2n) is 4.81. The number of rotatable bonds is 3. The minimum Gasteiger partial charge on any atom is -0.375 e. The lowest BCUT2D eigenvalue weighted by molar-refractivity contribution is 0.174. The normalized spacial score (nSPS) is 17.1. The predicted octanol–water partition coefficient (Wildman–Crippen LogP) is 2.94. The summed E-state index contributed by atoms with van der Waals surface area (Å²) >= 11 is 5.03. The fourth-order valence-electron chi connectivity index (χ4n) is 2.47. The quantitative estimate of drug-likeness (QED) is 0.892. The molecule has 0 bridgehead atoms. The lowest BCUT2D eigenvalue weighted by Gasteiger charge is -2.31. The number of nitrogens with zero attached hydrogens (tertiary/aromatic N) is 4. The first-order valence-corrected chi connectivity index (χ1v) is 7.94. The molecule has 2 aromatic rings.